The van der Waals surface area contributed by atoms with Gasteiger partial charge >= 0.3 is 5.97 Å². The van der Waals surface area contributed by atoms with Gasteiger partial charge in [-0.1, -0.05) is 48.5 Å². The molecule has 0 amide bonds. The van der Waals surface area contributed by atoms with Crippen molar-refractivity contribution in [1.82, 2.24) is 9.80 Å². The molecule has 0 N–H and O–H groups in total. The second kappa shape index (κ2) is 9.76. The number of hydrogen-bond acceptors (Lipinski definition) is 4. The van der Waals surface area contributed by atoms with Crippen molar-refractivity contribution >= 4 is 5.97 Å². The van der Waals surface area contributed by atoms with E-state index in [0.29, 0.717) is 6.61 Å². The zero-order valence-corrected chi connectivity index (χ0v) is 18.3. The fraction of sp³-hybridized carbons (Fsp3) is 0.500. The van der Waals surface area contributed by atoms with Gasteiger partial charge in [0.25, 0.3) is 0 Å². The zero-order valence-electron chi connectivity index (χ0n) is 18.3. The van der Waals surface area contributed by atoms with E-state index in [0.717, 1.165) is 51.9 Å². The molecule has 4 rings (SSSR count). The van der Waals surface area contributed by atoms with Crippen molar-refractivity contribution in [3.8, 4) is 0 Å². The van der Waals surface area contributed by atoms with Crippen LogP contribution in [0.5, 0.6) is 0 Å². The minimum atomic E-state index is -0.0258. The van der Waals surface area contributed by atoms with Crippen LogP contribution in [0.15, 0.2) is 48.5 Å². The van der Waals surface area contributed by atoms with E-state index in [9.17, 15) is 4.79 Å². The molecule has 1 atom stereocenters. The van der Waals surface area contributed by atoms with Crippen LogP contribution in [-0.4, -0.2) is 55.6 Å². The van der Waals surface area contributed by atoms with E-state index in [1.807, 2.05) is 6.92 Å². The second-order valence-electron chi connectivity index (χ2n) is 8.67. The summed E-state index contributed by atoms with van der Waals surface area (Å²) >= 11 is 0. The molecule has 0 radical (unpaired) electrons. The number of likely N-dealkylation sites (N-methyl/N-ethyl adjacent to an activating group) is 1. The van der Waals surface area contributed by atoms with E-state index in [4.69, 9.17) is 4.74 Å². The first-order chi connectivity index (χ1) is 14.7. The summed E-state index contributed by atoms with van der Waals surface area (Å²) in [6, 6.07) is 18.1. The van der Waals surface area contributed by atoms with E-state index >= 15 is 0 Å². The maximum atomic E-state index is 12.2. The number of carbonyl (C=O) groups excluding carboxylic acids is 1. The molecule has 2 aliphatic rings. The lowest BCUT2D eigenvalue weighted by atomic mass is 9.93. The summed E-state index contributed by atoms with van der Waals surface area (Å²) in [4.78, 5) is 17.1. The quantitative estimate of drug-likeness (QED) is 0.677. The minimum Gasteiger partial charge on any atom is -0.466 e. The largest absolute Gasteiger partial charge is 0.466 e. The molecule has 1 saturated heterocycles. The molecule has 0 spiro atoms. The number of likely N-dealkylation sites (tertiary alicyclic amines) is 1. The molecule has 1 heterocycles. The molecule has 4 heteroatoms. The average molecular weight is 407 g/mol. The van der Waals surface area contributed by atoms with Gasteiger partial charge in [0.2, 0.25) is 0 Å². The number of rotatable bonds is 6. The molecule has 0 aromatic heterocycles. The van der Waals surface area contributed by atoms with E-state index in [2.05, 4.69) is 65.4 Å². The van der Waals surface area contributed by atoms with Gasteiger partial charge in [-0.15, -0.1) is 0 Å². The highest BCUT2D eigenvalue weighted by atomic mass is 16.5. The van der Waals surface area contributed by atoms with Crippen LogP contribution in [0.2, 0.25) is 0 Å². The molecule has 4 nitrogen and oxygen atoms in total. The fourth-order valence-corrected chi connectivity index (χ4v) is 5.11. The highest BCUT2D eigenvalue weighted by Gasteiger charge is 2.29. The maximum Gasteiger partial charge on any atom is 0.310 e. The predicted octanol–water partition coefficient (Wildman–Crippen LogP) is 4.08. The molecule has 1 unspecified atom stereocenters. The number of carbonyl (C=O) groups is 1. The maximum absolute atomic E-state index is 12.2. The summed E-state index contributed by atoms with van der Waals surface area (Å²) in [7, 11) is 2.25. The number of aryl methyl sites for hydroxylation is 2. The number of fused-ring (bicyclic) bond motifs is 2. The zero-order chi connectivity index (χ0) is 20.9. The summed E-state index contributed by atoms with van der Waals surface area (Å²) in [5, 5.41) is 0. The molecular formula is C26H34N2O2. The summed E-state index contributed by atoms with van der Waals surface area (Å²) in [6.45, 7) is 6.21. The third kappa shape index (κ3) is 4.60. The Hall–Kier alpha value is -2.17. The third-order valence-corrected chi connectivity index (χ3v) is 6.70. The highest BCUT2D eigenvalue weighted by molar-refractivity contribution is 5.72. The van der Waals surface area contributed by atoms with E-state index in [1.165, 1.54) is 22.3 Å². The fourth-order valence-electron chi connectivity index (χ4n) is 5.11. The molecule has 160 valence electrons. The molecular weight excluding hydrogens is 372 g/mol. The lowest BCUT2D eigenvalue weighted by molar-refractivity contribution is -0.149. The van der Waals surface area contributed by atoms with Crippen molar-refractivity contribution in [3.05, 3.63) is 70.8 Å². The first-order valence-corrected chi connectivity index (χ1v) is 11.4. The Morgan fingerprint density at radius 1 is 1.07 bits per heavy atom. The molecule has 0 saturated carbocycles. The third-order valence-electron chi connectivity index (χ3n) is 6.70. The van der Waals surface area contributed by atoms with Gasteiger partial charge < -0.3 is 9.64 Å². The Morgan fingerprint density at radius 2 is 1.70 bits per heavy atom. The van der Waals surface area contributed by atoms with Crippen LogP contribution in [0.25, 0.3) is 0 Å². The summed E-state index contributed by atoms with van der Waals surface area (Å²) in [6.07, 6.45) is 4.23. The van der Waals surface area contributed by atoms with Gasteiger partial charge in [0.15, 0.2) is 0 Å². The van der Waals surface area contributed by atoms with Crippen molar-refractivity contribution in [2.24, 2.45) is 5.92 Å². The molecule has 30 heavy (non-hydrogen) atoms. The topological polar surface area (TPSA) is 32.8 Å². The smallest absolute Gasteiger partial charge is 0.310 e. The molecule has 1 aliphatic carbocycles. The van der Waals surface area contributed by atoms with Crippen molar-refractivity contribution in [2.45, 2.75) is 38.6 Å². The van der Waals surface area contributed by atoms with Crippen molar-refractivity contribution in [1.29, 1.82) is 0 Å². The Bertz CT molecular complexity index is 818. The predicted molar refractivity (Wildman–Crippen MR) is 121 cm³/mol. The van der Waals surface area contributed by atoms with Crippen LogP contribution in [-0.2, 0) is 22.4 Å². The molecule has 1 fully saturated rings. The summed E-state index contributed by atoms with van der Waals surface area (Å²) in [5.41, 5.74) is 5.80. The van der Waals surface area contributed by atoms with Crippen molar-refractivity contribution in [3.63, 3.8) is 0 Å². The van der Waals surface area contributed by atoms with Gasteiger partial charge in [0, 0.05) is 19.6 Å². The minimum absolute atomic E-state index is 0.0258. The number of ether oxygens (including phenoxy) is 1. The standard InChI is InChI=1S/C26H34N2O2/c1-3-30-26(29)22-11-8-16-28(19-22)18-17-27(2)25-23-12-6-4-9-20(23)14-15-21-10-5-7-13-24(21)25/h4-7,9-10,12-13,22,25H,3,8,11,14-19H2,1-2H3. The molecule has 1 aliphatic heterocycles. The first kappa shape index (κ1) is 21.1. The second-order valence-corrected chi connectivity index (χ2v) is 8.67. The number of nitrogens with zero attached hydrogens (tertiary/aromatic N) is 2. The average Bonchev–Trinajstić information content (AvgIpc) is 2.95. The summed E-state index contributed by atoms with van der Waals surface area (Å²) in [5.74, 6) is 0.00511. The van der Waals surface area contributed by atoms with Gasteiger partial charge in [-0.3, -0.25) is 9.69 Å². The SMILES string of the molecule is CCOC(=O)C1CCCN(CCN(C)C2c3ccccc3CCc3ccccc32)C1. The molecule has 2 aromatic carbocycles. The first-order valence-electron chi connectivity index (χ1n) is 11.4. The number of piperidine rings is 1. The summed E-state index contributed by atoms with van der Waals surface area (Å²) < 4.78 is 5.27. The van der Waals surface area contributed by atoms with Gasteiger partial charge in [0.05, 0.1) is 18.6 Å². The Kier molecular flexibility index (Phi) is 6.86. The highest BCUT2D eigenvalue weighted by Crippen LogP contribution is 2.36. The normalized spacial score (nSPS) is 19.8. The Morgan fingerprint density at radius 3 is 2.33 bits per heavy atom. The number of hydrogen-bond donors (Lipinski definition) is 0. The number of esters is 1. The van der Waals surface area contributed by atoms with Crippen LogP contribution in [0.4, 0.5) is 0 Å². The van der Waals surface area contributed by atoms with Gasteiger partial charge in [-0.25, -0.2) is 0 Å². The number of benzene rings is 2. The van der Waals surface area contributed by atoms with Crippen LogP contribution in [0.1, 0.15) is 48.1 Å². The molecule has 0 bridgehead atoms. The monoisotopic (exact) mass is 406 g/mol. The van der Waals surface area contributed by atoms with Gasteiger partial charge in [-0.05, 0) is 68.5 Å². The van der Waals surface area contributed by atoms with Crippen molar-refractivity contribution in [2.75, 3.05) is 39.8 Å². The van der Waals surface area contributed by atoms with Crippen LogP contribution in [0, 0.1) is 5.92 Å². The Balaban J connectivity index is 1.48. The van der Waals surface area contributed by atoms with Crippen LogP contribution in [0.3, 0.4) is 0 Å². The molecule has 2 aromatic rings. The van der Waals surface area contributed by atoms with E-state index in [1.54, 1.807) is 0 Å². The van der Waals surface area contributed by atoms with E-state index < -0.39 is 0 Å². The van der Waals surface area contributed by atoms with Crippen molar-refractivity contribution < 1.29 is 9.53 Å². The lowest BCUT2D eigenvalue weighted by Crippen LogP contribution is -2.43. The van der Waals surface area contributed by atoms with Gasteiger partial charge in [-0.2, -0.15) is 0 Å². The lowest BCUT2D eigenvalue weighted by Gasteiger charge is -2.35. The van der Waals surface area contributed by atoms with Crippen LogP contribution < -0.4 is 0 Å². The van der Waals surface area contributed by atoms with Gasteiger partial charge in [0.1, 0.15) is 0 Å². The van der Waals surface area contributed by atoms with Crippen LogP contribution >= 0.6 is 0 Å². The van der Waals surface area contributed by atoms with E-state index in [-0.39, 0.29) is 17.9 Å². The Labute approximate surface area is 180 Å².